The van der Waals surface area contributed by atoms with Crippen LogP contribution in [0.15, 0.2) is 12.1 Å². The van der Waals surface area contributed by atoms with Gasteiger partial charge in [-0.05, 0) is 6.07 Å². The summed E-state index contributed by atoms with van der Waals surface area (Å²) in [6.07, 6.45) is -0.312. The average Bonchev–Trinajstić information content (AvgIpc) is 2.27. The lowest BCUT2D eigenvalue weighted by Crippen LogP contribution is -2.07. The van der Waals surface area contributed by atoms with Crippen molar-refractivity contribution in [3.63, 3.8) is 0 Å². The van der Waals surface area contributed by atoms with Crippen LogP contribution in [0.5, 0.6) is 11.5 Å². The number of hydrogen-bond acceptors (Lipinski definition) is 4. The Kier molecular flexibility index (Phi) is 3.92. The molecule has 0 amide bonds. The Hall–Kier alpha value is -2.24. The third kappa shape index (κ3) is 2.87. The molecule has 0 saturated carbocycles. The molecule has 1 rings (SSSR count). The van der Waals surface area contributed by atoms with Crippen molar-refractivity contribution in [2.75, 3.05) is 14.2 Å². The highest BCUT2D eigenvalue weighted by molar-refractivity contribution is 5.92. The third-order valence-corrected chi connectivity index (χ3v) is 2.17. The number of aromatic carboxylic acids is 1. The quantitative estimate of drug-likeness (QED) is 0.798. The van der Waals surface area contributed by atoms with Crippen molar-refractivity contribution >= 4 is 11.9 Å². The van der Waals surface area contributed by atoms with Gasteiger partial charge in [-0.3, -0.25) is 4.79 Å². The van der Waals surface area contributed by atoms with E-state index in [1.807, 2.05) is 0 Å². The SMILES string of the molecule is COc1cc(OC)c(C(=O)O)cc1CC(=O)O. The van der Waals surface area contributed by atoms with Crippen LogP contribution in [0, 0.1) is 0 Å². The fraction of sp³-hybridized carbons (Fsp3) is 0.273. The minimum atomic E-state index is -1.18. The lowest BCUT2D eigenvalue weighted by Gasteiger charge is -2.11. The number of rotatable bonds is 5. The number of carboxylic acid groups (broad SMARTS) is 2. The van der Waals surface area contributed by atoms with Crippen molar-refractivity contribution < 1.29 is 29.3 Å². The first kappa shape index (κ1) is 12.8. The van der Waals surface area contributed by atoms with Crippen molar-refractivity contribution in [2.45, 2.75) is 6.42 Å². The minimum absolute atomic E-state index is 0.0930. The van der Waals surface area contributed by atoms with Crippen molar-refractivity contribution in [1.82, 2.24) is 0 Å². The Morgan fingerprint density at radius 1 is 1.12 bits per heavy atom. The molecule has 0 aromatic heterocycles. The van der Waals surface area contributed by atoms with Crippen molar-refractivity contribution in [1.29, 1.82) is 0 Å². The van der Waals surface area contributed by atoms with Crippen molar-refractivity contribution in [3.8, 4) is 11.5 Å². The van der Waals surface area contributed by atoms with Gasteiger partial charge in [0.05, 0.1) is 20.6 Å². The molecule has 0 atom stereocenters. The van der Waals surface area contributed by atoms with Crippen LogP contribution < -0.4 is 9.47 Å². The molecule has 1 aromatic rings. The van der Waals surface area contributed by atoms with Gasteiger partial charge in [-0.2, -0.15) is 0 Å². The molecule has 2 N–H and O–H groups in total. The van der Waals surface area contributed by atoms with Crippen LogP contribution in [-0.4, -0.2) is 36.4 Å². The van der Waals surface area contributed by atoms with Gasteiger partial charge in [-0.25, -0.2) is 4.79 Å². The van der Waals surface area contributed by atoms with E-state index in [2.05, 4.69) is 0 Å². The van der Waals surface area contributed by atoms with E-state index < -0.39 is 11.9 Å². The Balaban J connectivity index is 3.33. The van der Waals surface area contributed by atoms with Gasteiger partial charge in [0, 0.05) is 11.6 Å². The maximum Gasteiger partial charge on any atom is 0.339 e. The summed E-state index contributed by atoms with van der Waals surface area (Å²) in [6, 6.07) is 2.61. The van der Waals surface area contributed by atoms with E-state index in [0.29, 0.717) is 5.56 Å². The number of benzene rings is 1. The number of hydrogen-bond donors (Lipinski definition) is 2. The topological polar surface area (TPSA) is 93.1 Å². The standard InChI is InChI=1S/C11H12O6/c1-16-8-5-9(17-2)7(11(14)15)3-6(8)4-10(12)13/h3,5H,4H2,1-2H3,(H,12,13)(H,14,15). The molecular weight excluding hydrogens is 228 g/mol. The first-order chi connectivity index (χ1) is 7.99. The monoisotopic (exact) mass is 240 g/mol. The molecule has 0 bridgehead atoms. The Bertz CT molecular complexity index is 452. The molecule has 0 heterocycles. The van der Waals surface area contributed by atoms with E-state index in [0.717, 1.165) is 0 Å². The zero-order chi connectivity index (χ0) is 13.0. The lowest BCUT2D eigenvalue weighted by atomic mass is 10.1. The summed E-state index contributed by atoms with van der Waals surface area (Å²) in [5.41, 5.74) is 0.197. The predicted molar refractivity (Wildman–Crippen MR) is 57.8 cm³/mol. The first-order valence-corrected chi connectivity index (χ1v) is 4.69. The largest absolute Gasteiger partial charge is 0.496 e. The van der Waals surface area contributed by atoms with E-state index >= 15 is 0 Å². The van der Waals surface area contributed by atoms with Gasteiger partial charge < -0.3 is 19.7 Å². The Morgan fingerprint density at radius 3 is 2.12 bits per heavy atom. The molecular formula is C11H12O6. The molecule has 0 spiro atoms. The molecule has 6 nitrogen and oxygen atoms in total. The molecule has 92 valence electrons. The van der Waals surface area contributed by atoms with Gasteiger partial charge in [-0.1, -0.05) is 0 Å². The van der Waals surface area contributed by atoms with Crippen LogP contribution in [0.1, 0.15) is 15.9 Å². The maximum atomic E-state index is 11.0. The second kappa shape index (κ2) is 5.20. The highest BCUT2D eigenvalue weighted by Gasteiger charge is 2.17. The van der Waals surface area contributed by atoms with Crippen molar-refractivity contribution in [3.05, 3.63) is 23.3 Å². The highest BCUT2D eigenvalue weighted by Crippen LogP contribution is 2.29. The second-order valence-electron chi connectivity index (χ2n) is 3.24. The van der Waals surface area contributed by atoms with Gasteiger partial charge in [0.1, 0.15) is 17.1 Å². The van der Waals surface area contributed by atoms with Gasteiger partial charge >= 0.3 is 11.9 Å². The van der Waals surface area contributed by atoms with Crippen LogP contribution in [0.2, 0.25) is 0 Å². The fourth-order valence-electron chi connectivity index (χ4n) is 1.43. The minimum Gasteiger partial charge on any atom is -0.496 e. The Labute approximate surface area is 97.4 Å². The average molecular weight is 240 g/mol. The fourth-order valence-corrected chi connectivity index (χ4v) is 1.43. The zero-order valence-electron chi connectivity index (χ0n) is 9.39. The Morgan fingerprint density at radius 2 is 1.71 bits per heavy atom. The molecule has 0 fully saturated rings. The molecule has 0 unspecified atom stereocenters. The molecule has 0 aliphatic heterocycles. The van der Waals surface area contributed by atoms with Gasteiger partial charge in [-0.15, -0.1) is 0 Å². The third-order valence-electron chi connectivity index (χ3n) is 2.17. The van der Waals surface area contributed by atoms with Gasteiger partial charge in [0.2, 0.25) is 0 Å². The first-order valence-electron chi connectivity index (χ1n) is 4.69. The number of aliphatic carboxylic acids is 1. The number of carbonyl (C=O) groups is 2. The molecule has 0 radical (unpaired) electrons. The number of methoxy groups -OCH3 is 2. The molecule has 0 aliphatic carbocycles. The van der Waals surface area contributed by atoms with Crippen LogP contribution in [0.4, 0.5) is 0 Å². The van der Waals surface area contributed by atoms with Crippen LogP contribution in [-0.2, 0) is 11.2 Å². The summed E-state index contributed by atoms with van der Waals surface area (Å²) in [4.78, 5) is 21.6. The molecule has 0 saturated heterocycles. The van der Waals surface area contributed by atoms with E-state index in [4.69, 9.17) is 19.7 Å². The van der Waals surface area contributed by atoms with Gasteiger partial charge in [0.15, 0.2) is 0 Å². The van der Waals surface area contributed by atoms with Crippen molar-refractivity contribution in [2.24, 2.45) is 0 Å². The van der Waals surface area contributed by atoms with E-state index in [1.54, 1.807) is 0 Å². The summed E-state index contributed by atoms with van der Waals surface area (Å²) in [5.74, 6) is -1.83. The zero-order valence-corrected chi connectivity index (χ0v) is 9.39. The normalized spacial score (nSPS) is 9.76. The van der Waals surface area contributed by atoms with Crippen LogP contribution in [0.25, 0.3) is 0 Å². The lowest BCUT2D eigenvalue weighted by molar-refractivity contribution is -0.136. The summed E-state index contributed by atoms with van der Waals surface area (Å²) in [5, 5.41) is 17.7. The number of carboxylic acids is 2. The summed E-state index contributed by atoms with van der Waals surface area (Å²) < 4.78 is 9.89. The number of ether oxygens (including phenoxy) is 2. The van der Waals surface area contributed by atoms with E-state index in [1.165, 1.54) is 26.4 Å². The summed E-state index contributed by atoms with van der Waals surface area (Å²) in [6.45, 7) is 0. The highest BCUT2D eigenvalue weighted by atomic mass is 16.5. The molecule has 1 aromatic carbocycles. The van der Waals surface area contributed by atoms with Crippen LogP contribution >= 0.6 is 0 Å². The van der Waals surface area contributed by atoms with E-state index in [-0.39, 0.29) is 23.5 Å². The predicted octanol–water partition coefficient (Wildman–Crippen LogP) is 1.03. The molecule has 6 heteroatoms. The summed E-state index contributed by atoms with van der Waals surface area (Å²) >= 11 is 0. The smallest absolute Gasteiger partial charge is 0.339 e. The van der Waals surface area contributed by atoms with E-state index in [9.17, 15) is 9.59 Å². The molecule has 17 heavy (non-hydrogen) atoms. The van der Waals surface area contributed by atoms with Gasteiger partial charge in [0.25, 0.3) is 0 Å². The van der Waals surface area contributed by atoms with Crippen LogP contribution in [0.3, 0.4) is 0 Å². The second-order valence-corrected chi connectivity index (χ2v) is 3.24. The molecule has 0 aliphatic rings. The summed E-state index contributed by atoms with van der Waals surface area (Å²) in [7, 11) is 2.71. The maximum absolute atomic E-state index is 11.0.